The van der Waals surface area contributed by atoms with Gasteiger partial charge in [-0.15, -0.1) is 0 Å². The zero-order chi connectivity index (χ0) is 15.9. The van der Waals surface area contributed by atoms with Gasteiger partial charge in [0.1, 0.15) is 0 Å². The topological polar surface area (TPSA) is 76.7 Å². The van der Waals surface area contributed by atoms with E-state index in [1.165, 1.54) is 20.6 Å². The maximum absolute atomic E-state index is 12.1. The Morgan fingerprint density at radius 3 is 2.32 bits per heavy atom. The Labute approximate surface area is 130 Å². The summed E-state index contributed by atoms with van der Waals surface area (Å²) in [6.45, 7) is 0. The van der Waals surface area contributed by atoms with Crippen molar-refractivity contribution >= 4 is 11.8 Å². The van der Waals surface area contributed by atoms with E-state index in [0.29, 0.717) is 17.1 Å². The molecule has 0 heterocycles. The number of carbonyl (C=O) groups excluding carboxylic acids is 2. The van der Waals surface area contributed by atoms with E-state index in [9.17, 15) is 9.59 Å². The minimum Gasteiger partial charge on any atom is -0.493 e. The fourth-order valence-electron chi connectivity index (χ4n) is 2.63. The first-order valence-electron chi connectivity index (χ1n) is 7.48. The van der Waals surface area contributed by atoms with Crippen molar-refractivity contribution in [3.05, 3.63) is 23.8 Å². The van der Waals surface area contributed by atoms with Crippen molar-refractivity contribution in [2.75, 3.05) is 14.2 Å². The zero-order valence-electron chi connectivity index (χ0n) is 13.0. The van der Waals surface area contributed by atoms with Crippen LogP contribution >= 0.6 is 0 Å². The number of rotatable bonds is 4. The van der Waals surface area contributed by atoms with Crippen LogP contribution in [0.25, 0.3) is 0 Å². The van der Waals surface area contributed by atoms with Crippen molar-refractivity contribution in [2.45, 2.75) is 32.1 Å². The molecule has 120 valence electrons. The van der Waals surface area contributed by atoms with Gasteiger partial charge in [0.15, 0.2) is 11.5 Å². The van der Waals surface area contributed by atoms with Crippen LogP contribution in [0.4, 0.5) is 0 Å². The third-order valence-corrected chi connectivity index (χ3v) is 3.92. The second kappa shape index (κ2) is 7.68. The van der Waals surface area contributed by atoms with E-state index in [1.54, 1.807) is 18.2 Å². The van der Waals surface area contributed by atoms with Gasteiger partial charge in [-0.25, -0.2) is 0 Å². The Morgan fingerprint density at radius 2 is 1.68 bits per heavy atom. The molecule has 0 spiro atoms. The van der Waals surface area contributed by atoms with Crippen molar-refractivity contribution < 1.29 is 19.1 Å². The lowest BCUT2D eigenvalue weighted by Gasteiger charge is -2.20. The molecule has 1 aromatic carbocycles. The van der Waals surface area contributed by atoms with Gasteiger partial charge in [0, 0.05) is 11.5 Å². The van der Waals surface area contributed by atoms with Gasteiger partial charge in [-0.2, -0.15) is 0 Å². The number of benzene rings is 1. The van der Waals surface area contributed by atoms with Crippen LogP contribution in [0.1, 0.15) is 42.5 Å². The van der Waals surface area contributed by atoms with Crippen LogP contribution in [0.5, 0.6) is 11.5 Å². The number of hydrogen-bond donors (Lipinski definition) is 2. The van der Waals surface area contributed by atoms with Gasteiger partial charge >= 0.3 is 0 Å². The normalized spacial score (nSPS) is 15.0. The summed E-state index contributed by atoms with van der Waals surface area (Å²) in [6.07, 6.45) is 5.10. The fraction of sp³-hybridized carbons (Fsp3) is 0.500. The Morgan fingerprint density at radius 1 is 1.00 bits per heavy atom. The summed E-state index contributed by atoms with van der Waals surface area (Å²) >= 11 is 0. The molecule has 2 rings (SSSR count). The maximum atomic E-state index is 12.1. The second-order valence-corrected chi connectivity index (χ2v) is 5.35. The third-order valence-electron chi connectivity index (χ3n) is 3.92. The molecular weight excluding hydrogens is 284 g/mol. The smallest absolute Gasteiger partial charge is 0.269 e. The highest BCUT2D eigenvalue weighted by Gasteiger charge is 2.21. The van der Waals surface area contributed by atoms with E-state index < -0.39 is 0 Å². The molecule has 0 atom stereocenters. The number of hydrogen-bond acceptors (Lipinski definition) is 4. The van der Waals surface area contributed by atoms with E-state index in [2.05, 4.69) is 10.9 Å². The number of nitrogens with one attached hydrogen (secondary N) is 2. The minimum atomic E-state index is -0.384. The van der Waals surface area contributed by atoms with Crippen molar-refractivity contribution in [3.63, 3.8) is 0 Å². The molecule has 2 amide bonds. The Bertz CT molecular complexity index is 539. The third kappa shape index (κ3) is 3.90. The summed E-state index contributed by atoms with van der Waals surface area (Å²) in [6, 6.07) is 4.83. The summed E-state index contributed by atoms with van der Waals surface area (Å²) in [4.78, 5) is 24.1. The molecule has 0 unspecified atom stereocenters. The second-order valence-electron chi connectivity index (χ2n) is 5.35. The van der Waals surface area contributed by atoms with Gasteiger partial charge in [-0.3, -0.25) is 20.4 Å². The molecule has 0 bridgehead atoms. The van der Waals surface area contributed by atoms with E-state index >= 15 is 0 Å². The molecule has 1 aromatic rings. The van der Waals surface area contributed by atoms with Gasteiger partial charge < -0.3 is 9.47 Å². The molecular formula is C16H22N2O4. The standard InChI is InChI=1S/C16H22N2O4/c1-21-13-9-8-12(10-14(13)22-2)16(20)18-17-15(19)11-6-4-3-5-7-11/h8-11H,3-7H2,1-2H3,(H,17,19)(H,18,20). The van der Waals surface area contributed by atoms with Crippen LogP contribution in [-0.4, -0.2) is 26.0 Å². The molecule has 2 N–H and O–H groups in total. The predicted molar refractivity (Wildman–Crippen MR) is 81.7 cm³/mol. The Balaban J connectivity index is 1.93. The van der Waals surface area contributed by atoms with Crippen LogP contribution < -0.4 is 20.3 Å². The van der Waals surface area contributed by atoms with Gasteiger partial charge in [-0.1, -0.05) is 19.3 Å². The molecule has 0 saturated heterocycles. The van der Waals surface area contributed by atoms with Crippen LogP contribution in [0.2, 0.25) is 0 Å². The highest BCUT2D eigenvalue weighted by Crippen LogP contribution is 2.27. The average molecular weight is 306 g/mol. The predicted octanol–water partition coefficient (Wildman–Crippen LogP) is 2.05. The van der Waals surface area contributed by atoms with E-state index in [-0.39, 0.29) is 17.7 Å². The Kier molecular flexibility index (Phi) is 5.63. The van der Waals surface area contributed by atoms with Gasteiger partial charge in [0.25, 0.3) is 5.91 Å². The largest absolute Gasteiger partial charge is 0.493 e. The lowest BCUT2D eigenvalue weighted by Crippen LogP contribution is -2.44. The Hall–Kier alpha value is -2.24. The summed E-state index contributed by atoms with van der Waals surface area (Å²) in [7, 11) is 3.03. The van der Waals surface area contributed by atoms with Gasteiger partial charge in [0.05, 0.1) is 14.2 Å². The van der Waals surface area contributed by atoms with E-state index in [4.69, 9.17) is 9.47 Å². The van der Waals surface area contributed by atoms with Crippen molar-refractivity contribution in [2.24, 2.45) is 5.92 Å². The quantitative estimate of drug-likeness (QED) is 0.835. The molecule has 6 nitrogen and oxygen atoms in total. The monoisotopic (exact) mass is 306 g/mol. The molecule has 6 heteroatoms. The van der Waals surface area contributed by atoms with Crippen LogP contribution in [-0.2, 0) is 4.79 Å². The molecule has 1 saturated carbocycles. The number of ether oxygens (including phenoxy) is 2. The molecule has 1 aliphatic carbocycles. The van der Waals surface area contributed by atoms with Crippen LogP contribution in [0.15, 0.2) is 18.2 Å². The van der Waals surface area contributed by atoms with Crippen LogP contribution in [0, 0.1) is 5.92 Å². The molecule has 1 fully saturated rings. The van der Waals surface area contributed by atoms with Crippen molar-refractivity contribution in [1.82, 2.24) is 10.9 Å². The number of methoxy groups -OCH3 is 2. The lowest BCUT2D eigenvalue weighted by atomic mass is 9.89. The van der Waals surface area contributed by atoms with E-state index in [0.717, 1.165) is 25.7 Å². The number of amides is 2. The molecule has 0 radical (unpaired) electrons. The molecule has 0 aliphatic heterocycles. The molecule has 1 aliphatic rings. The highest BCUT2D eigenvalue weighted by atomic mass is 16.5. The fourth-order valence-corrected chi connectivity index (χ4v) is 2.63. The van der Waals surface area contributed by atoms with Crippen molar-refractivity contribution in [3.8, 4) is 11.5 Å². The SMILES string of the molecule is COc1ccc(C(=O)NNC(=O)C2CCCCC2)cc1OC. The molecule has 0 aromatic heterocycles. The highest BCUT2D eigenvalue weighted by molar-refractivity contribution is 5.96. The average Bonchev–Trinajstić information content (AvgIpc) is 2.59. The maximum Gasteiger partial charge on any atom is 0.269 e. The van der Waals surface area contributed by atoms with Gasteiger partial charge in [0.2, 0.25) is 5.91 Å². The zero-order valence-corrected chi connectivity index (χ0v) is 13.0. The van der Waals surface area contributed by atoms with Gasteiger partial charge in [-0.05, 0) is 31.0 Å². The summed E-state index contributed by atoms with van der Waals surface area (Å²) in [5, 5.41) is 0. The number of hydrazine groups is 1. The lowest BCUT2D eigenvalue weighted by molar-refractivity contribution is -0.126. The summed E-state index contributed by atoms with van der Waals surface area (Å²) in [5.74, 6) is 0.511. The number of carbonyl (C=O) groups is 2. The first-order valence-corrected chi connectivity index (χ1v) is 7.48. The summed E-state index contributed by atoms with van der Waals surface area (Å²) < 4.78 is 10.3. The van der Waals surface area contributed by atoms with Crippen LogP contribution in [0.3, 0.4) is 0 Å². The minimum absolute atomic E-state index is 0.000506. The van der Waals surface area contributed by atoms with Crippen molar-refractivity contribution in [1.29, 1.82) is 0 Å². The first kappa shape index (κ1) is 16.1. The van der Waals surface area contributed by atoms with E-state index in [1.807, 2.05) is 0 Å². The molecule has 22 heavy (non-hydrogen) atoms. The first-order chi connectivity index (χ1) is 10.7. The summed E-state index contributed by atoms with van der Waals surface area (Å²) in [5.41, 5.74) is 5.35.